The first kappa shape index (κ1) is 11.0. The van der Waals surface area contributed by atoms with Crippen molar-refractivity contribution in [2.75, 3.05) is 6.61 Å². The molecule has 0 radical (unpaired) electrons. The third-order valence-corrected chi connectivity index (χ3v) is 3.06. The highest BCUT2D eigenvalue weighted by Crippen LogP contribution is 2.25. The van der Waals surface area contributed by atoms with Crippen LogP contribution in [0.2, 0.25) is 0 Å². The number of aromatic nitrogens is 2. The average molecular weight is 221 g/mol. The van der Waals surface area contributed by atoms with Crippen LogP contribution in [-0.2, 0) is 0 Å². The summed E-state index contributed by atoms with van der Waals surface area (Å²) in [5.74, 6) is 0.0546. The molecule has 1 aliphatic carbocycles. The Morgan fingerprint density at radius 3 is 3.06 bits per heavy atom. The number of hydrogen-bond acceptors (Lipinski definition) is 4. The summed E-state index contributed by atoms with van der Waals surface area (Å²) in [7, 11) is 0. The largest absolute Gasteiger partial charge is 0.396 e. The lowest BCUT2D eigenvalue weighted by Gasteiger charge is -2.18. The number of nitrogens with zero attached hydrogens (tertiary/aromatic N) is 2. The quantitative estimate of drug-likeness (QED) is 0.773. The van der Waals surface area contributed by atoms with Crippen LogP contribution in [0.25, 0.3) is 0 Å². The molecule has 2 N–H and O–H groups in total. The Labute approximate surface area is 93.9 Å². The number of hydrogen-bond donors (Lipinski definition) is 2. The zero-order valence-electron chi connectivity index (χ0n) is 8.97. The molecule has 0 bridgehead atoms. The lowest BCUT2D eigenvalue weighted by molar-refractivity contribution is 0.0915. The first-order chi connectivity index (χ1) is 7.81. The maximum Gasteiger partial charge on any atom is 0.253 e. The fourth-order valence-corrected chi connectivity index (χ4v) is 2.12. The van der Waals surface area contributed by atoms with Gasteiger partial charge in [-0.05, 0) is 18.9 Å². The maximum atomic E-state index is 11.8. The van der Waals surface area contributed by atoms with Gasteiger partial charge in [-0.1, -0.05) is 6.42 Å². The van der Waals surface area contributed by atoms with Crippen molar-refractivity contribution in [3.63, 3.8) is 0 Å². The van der Waals surface area contributed by atoms with Crippen LogP contribution in [-0.4, -0.2) is 33.9 Å². The second-order valence-electron chi connectivity index (χ2n) is 4.08. The van der Waals surface area contributed by atoms with Crippen molar-refractivity contribution in [1.29, 1.82) is 0 Å². The fraction of sp³-hybridized carbons (Fsp3) is 0.545. The Kier molecular flexibility index (Phi) is 3.46. The van der Waals surface area contributed by atoms with Crippen LogP contribution in [0.15, 0.2) is 18.5 Å². The van der Waals surface area contributed by atoms with E-state index in [-0.39, 0.29) is 24.5 Å². The predicted molar refractivity (Wildman–Crippen MR) is 57.7 cm³/mol. The summed E-state index contributed by atoms with van der Waals surface area (Å²) < 4.78 is 0. The van der Waals surface area contributed by atoms with Crippen LogP contribution in [0.1, 0.15) is 29.6 Å². The third-order valence-electron chi connectivity index (χ3n) is 3.06. The second kappa shape index (κ2) is 5.03. The summed E-state index contributed by atoms with van der Waals surface area (Å²) in [6, 6.07) is 1.72. The number of rotatable bonds is 3. The van der Waals surface area contributed by atoms with E-state index in [1.807, 2.05) is 0 Å². The van der Waals surface area contributed by atoms with Crippen LogP contribution in [0, 0.1) is 5.92 Å². The molecule has 1 aliphatic rings. The van der Waals surface area contributed by atoms with Gasteiger partial charge in [0.2, 0.25) is 0 Å². The molecule has 1 fully saturated rings. The van der Waals surface area contributed by atoms with Gasteiger partial charge in [0.15, 0.2) is 0 Å². The van der Waals surface area contributed by atoms with Crippen LogP contribution >= 0.6 is 0 Å². The van der Waals surface area contributed by atoms with Gasteiger partial charge in [0, 0.05) is 18.6 Å². The zero-order valence-corrected chi connectivity index (χ0v) is 8.97. The summed E-state index contributed by atoms with van der Waals surface area (Å²) in [6.45, 7) is 0.138. The van der Waals surface area contributed by atoms with E-state index < -0.39 is 0 Å². The molecule has 5 nitrogen and oxygen atoms in total. The van der Waals surface area contributed by atoms with Crippen molar-refractivity contribution in [1.82, 2.24) is 15.5 Å². The van der Waals surface area contributed by atoms with E-state index in [1.54, 1.807) is 6.07 Å². The van der Waals surface area contributed by atoms with Gasteiger partial charge in [-0.15, -0.1) is 0 Å². The summed E-state index contributed by atoms with van der Waals surface area (Å²) in [4.78, 5) is 11.8. The Morgan fingerprint density at radius 1 is 1.50 bits per heavy atom. The van der Waals surface area contributed by atoms with Crippen molar-refractivity contribution in [2.24, 2.45) is 5.92 Å². The van der Waals surface area contributed by atoms with Gasteiger partial charge in [-0.3, -0.25) is 4.79 Å². The number of carbonyl (C=O) groups is 1. The Morgan fingerprint density at radius 2 is 2.38 bits per heavy atom. The molecule has 0 spiro atoms. The van der Waals surface area contributed by atoms with E-state index in [2.05, 4.69) is 15.5 Å². The second-order valence-corrected chi connectivity index (χ2v) is 4.08. The zero-order chi connectivity index (χ0) is 11.4. The van der Waals surface area contributed by atoms with Crippen LogP contribution in [0.5, 0.6) is 0 Å². The van der Waals surface area contributed by atoms with Gasteiger partial charge >= 0.3 is 0 Å². The number of aliphatic hydroxyl groups excluding tert-OH is 1. The number of amides is 1. The first-order valence-electron chi connectivity index (χ1n) is 5.49. The average Bonchev–Trinajstić information content (AvgIpc) is 2.77. The van der Waals surface area contributed by atoms with Gasteiger partial charge in [0.1, 0.15) is 0 Å². The number of carbonyl (C=O) groups excluding carboxylic acids is 1. The van der Waals surface area contributed by atoms with Crippen molar-refractivity contribution in [3.05, 3.63) is 24.0 Å². The van der Waals surface area contributed by atoms with Gasteiger partial charge in [0.25, 0.3) is 5.91 Å². The summed E-state index contributed by atoms with van der Waals surface area (Å²) in [6.07, 6.45) is 5.92. The molecule has 2 rings (SSSR count). The molecule has 1 heterocycles. The summed E-state index contributed by atoms with van der Waals surface area (Å²) >= 11 is 0. The standard InChI is InChI=1S/C11H15N3O2/c15-7-9-2-1-3-10(9)14-11(16)8-4-5-12-13-6-8/h4-6,9-10,15H,1-3,7H2,(H,14,16). The van der Waals surface area contributed by atoms with Gasteiger partial charge < -0.3 is 10.4 Å². The minimum absolute atomic E-state index is 0.0886. The van der Waals surface area contributed by atoms with E-state index in [4.69, 9.17) is 5.11 Å². The van der Waals surface area contributed by atoms with Gasteiger partial charge in [0.05, 0.1) is 18.0 Å². The minimum Gasteiger partial charge on any atom is -0.396 e. The lowest BCUT2D eigenvalue weighted by Crippen LogP contribution is -2.38. The maximum absolute atomic E-state index is 11.8. The number of nitrogens with one attached hydrogen (secondary N) is 1. The monoisotopic (exact) mass is 221 g/mol. The molecule has 2 atom stereocenters. The Bertz CT molecular complexity index is 356. The Hall–Kier alpha value is -1.49. The summed E-state index contributed by atoms with van der Waals surface area (Å²) in [5.41, 5.74) is 0.513. The molecule has 5 heteroatoms. The molecule has 0 aromatic carbocycles. The van der Waals surface area contributed by atoms with Gasteiger partial charge in [-0.25, -0.2) is 0 Å². The molecule has 2 unspecified atom stereocenters. The Balaban J connectivity index is 1.97. The van der Waals surface area contributed by atoms with E-state index in [0.717, 1.165) is 19.3 Å². The topological polar surface area (TPSA) is 75.1 Å². The van der Waals surface area contributed by atoms with E-state index >= 15 is 0 Å². The first-order valence-corrected chi connectivity index (χ1v) is 5.49. The molecule has 16 heavy (non-hydrogen) atoms. The fourth-order valence-electron chi connectivity index (χ4n) is 2.12. The molecule has 1 aromatic rings. The van der Waals surface area contributed by atoms with E-state index in [1.165, 1.54) is 12.4 Å². The highest BCUT2D eigenvalue weighted by molar-refractivity contribution is 5.93. The molecular weight excluding hydrogens is 206 g/mol. The van der Waals surface area contributed by atoms with E-state index in [0.29, 0.717) is 5.56 Å². The lowest BCUT2D eigenvalue weighted by atomic mass is 10.0. The molecule has 0 aliphatic heterocycles. The van der Waals surface area contributed by atoms with E-state index in [9.17, 15) is 4.79 Å². The molecule has 0 saturated heterocycles. The van der Waals surface area contributed by atoms with Crippen molar-refractivity contribution < 1.29 is 9.90 Å². The van der Waals surface area contributed by atoms with Crippen LogP contribution in [0.3, 0.4) is 0 Å². The van der Waals surface area contributed by atoms with Crippen molar-refractivity contribution in [3.8, 4) is 0 Å². The van der Waals surface area contributed by atoms with Crippen LogP contribution in [0.4, 0.5) is 0 Å². The van der Waals surface area contributed by atoms with Crippen molar-refractivity contribution >= 4 is 5.91 Å². The molecule has 86 valence electrons. The smallest absolute Gasteiger partial charge is 0.253 e. The molecule has 1 amide bonds. The molecule has 1 aromatic heterocycles. The predicted octanol–water partition coefficient (Wildman–Crippen LogP) is 0.367. The highest BCUT2D eigenvalue weighted by atomic mass is 16.3. The van der Waals surface area contributed by atoms with Crippen LogP contribution < -0.4 is 5.32 Å². The normalized spacial score (nSPS) is 24.3. The van der Waals surface area contributed by atoms with Crippen molar-refractivity contribution in [2.45, 2.75) is 25.3 Å². The molecular formula is C11H15N3O2. The SMILES string of the molecule is O=C(NC1CCCC1CO)c1ccnnc1. The highest BCUT2D eigenvalue weighted by Gasteiger charge is 2.28. The number of aliphatic hydroxyl groups is 1. The summed E-state index contributed by atoms with van der Waals surface area (Å²) in [5, 5.41) is 19.4. The van der Waals surface area contributed by atoms with Gasteiger partial charge in [-0.2, -0.15) is 10.2 Å². The minimum atomic E-state index is -0.139. The third kappa shape index (κ3) is 2.36. The molecule has 1 saturated carbocycles.